The summed E-state index contributed by atoms with van der Waals surface area (Å²) in [5.41, 5.74) is 3.37. The van der Waals surface area contributed by atoms with E-state index in [1.165, 1.54) is 35.7 Å². The highest BCUT2D eigenvalue weighted by Crippen LogP contribution is 2.24. The number of benzene rings is 3. The Morgan fingerprint density at radius 2 is 1.45 bits per heavy atom. The van der Waals surface area contributed by atoms with Gasteiger partial charge in [-0.15, -0.1) is 0 Å². The monoisotopic (exact) mass is 504 g/mol. The van der Waals surface area contributed by atoms with E-state index in [1.54, 1.807) is 29.7 Å². The van der Waals surface area contributed by atoms with Gasteiger partial charge in [0, 0.05) is 23.1 Å². The number of nitrogens with zero attached hydrogens (tertiary/aromatic N) is 1. The maximum absolute atomic E-state index is 13.4. The smallest absolute Gasteiger partial charge is 0.274 e. The van der Waals surface area contributed by atoms with Gasteiger partial charge in [-0.05, 0) is 59.7 Å². The van der Waals surface area contributed by atoms with Crippen molar-refractivity contribution in [2.24, 2.45) is 0 Å². The minimum Gasteiger partial charge on any atom is -0.497 e. The van der Waals surface area contributed by atoms with E-state index < -0.39 is 15.9 Å². The fraction of sp³-hybridized carbons (Fsp3) is 0.136. The highest BCUT2D eigenvalue weighted by atomic mass is 79.9. The zero-order chi connectivity index (χ0) is 22.4. The zero-order valence-electron chi connectivity index (χ0n) is 16.7. The Morgan fingerprint density at radius 1 is 0.935 bits per heavy atom. The van der Waals surface area contributed by atoms with Crippen LogP contribution in [0.25, 0.3) is 0 Å². The minimum absolute atomic E-state index is 0.103. The van der Waals surface area contributed by atoms with Gasteiger partial charge in [0.2, 0.25) is 10.0 Å². The van der Waals surface area contributed by atoms with Crippen molar-refractivity contribution >= 4 is 31.9 Å². The van der Waals surface area contributed by atoms with Gasteiger partial charge in [0.05, 0.1) is 12.0 Å². The number of methoxy groups -OCH3 is 1. The number of hydrogen-bond donors (Lipinski definition) is 2. The molecule has 3 aromatic rings. The van der Waals surface area contributed by atoms with Crippen LogP contribution >= 0.6 is 15.9 Å². The Kier molecular flexibility index (Phi) is 7.45. The lowest BCUT2D eigenvalue weighted by Crippen LogP contribution is -2.30. The van der Waals surface area contributed by atoms with Gasteiger partial charge in [0.15, 0.2) is 0 Å². The van der Waals surface area contributed by atoms with E-state index in [-0.39, 0.29) is 23.5 Å². The quantitative estimate of drug-likeness (QED) is 0.357. The third-order valence-corrected chi connectivity index (χ3v) is 6.98. The lowest BCUT2D eigenvalue weighted by Gasteiger charge is -2.23. The van der Waals surface area contributed by atoms with Crippen LogP contribution in [-0.2, 0) is 23.1 Å². The number of hydrogen-bond acceptors (Lipinski definition) is 5. The Morgan fingerprint density at radius 3 is 1.94 bits per heavy atom. The molecule has 31 heavy (non-hydrogen) atoms. The van der Waals surface area contributed by atoms with Crippen LogP contribution in [0.5, 0.6) is 5.75 Å². The van der Waals surface area contributed by atoms with Gasteiger partial charge < -0.3 is 4.74 Å². The Labute approximate surface area is 189 Å². The molecule has 0 saturated carbocycles. The highest BCUT2D eigenvalue weighted by Gasteiger charge is 2.25. The number of amides is 1. The molecule has 0 atom stereocenters. The summed E-state index contributed by atoms with van der Waals surface area (Å²) in [6.07, 6.45) is 0. The van der Waals surface area contributed by atoms with Crippen LogP contribution in [0.1, 0.15) is 21.5 Å². The molecule has 0 saturated heterocycles. The van der Waals surface area contributed by atoms with Gasteiger partial charge in [-0.3, -0.25) is 10.0 Å². The Hall–Kier alpha value is -2.72. The van der Waals surface area contributed by atoms with Gasteiger partial charge in [-0.1, -0.05) is 40.2 Å². The topological polar surface area (TPSA) is 95.9 Å². The lowest BCUT2D eigenvalue weighted by molar-refractivity contribution is 0.0706. The van der Waals surface area contributed by atoms with Crippen LogP contribution in [0.15, 0.2) is 82.2 Å². The van der Waals surface area contributed by atoms with Crippen LogP contribution in [0.4, 0.5) is 0 Å². The fourth-order valence-corrected chi connectivity index (χ4v) is 4.63. The van der Waals surface area contributed by atoms with Crippen molar-refractivity contribution in [3.8, 4) is 5.75 Å². The molecule has 0 bridgehead atoms. The standard InChI is InChI=1S/C22H21BrN2O5S/c1-30-20-10-12-21(13-11-20)31(28,29)25(15-17-4-8-19(23)9-5-17)14-16-2-6-18(7-3-16)22(26)24-27/h2-13,27H,14-15H2,1H3,(H,24,26). The van der Waals surface area contributed by atoms with E-state index in [1.807, 2.05) is 24.3 Å². The largest absolute Gasteiger partial charge is 0.497 e. The molecule has 162 valence electrons. The van der Waals surface area contributed by atoms with Crippen molar-refractivity contribution in [3.63, 3.8) is 0 Å². The van der Waals surface area contributed by atoms with Gasteiger partial charge >= 0.3 is 0 Å². The lowest BCUT2D eigenvalue weighted by atomic mass is 10.1. The van der Waals surface area contributed by atoms with Crippen LogP contribution in [0.3, 0.4) is 0 Å². The molecule has 3 aromatic carbocycles. The summed E-state index contributed by atoms with van der Waals surface area (Å²) in [6.45, 7) is 0.270. The summed E-state index contributed by atoms with van der Waals surface area (Å²) >= 11 is 3.39. The molecule has 0 heterocycles. The van der Waals surface area contributed by atoms with Crippen LogP contribution in [0.2, 0.25) is 0 Å². The number of hydroxylamine groups is 1. The molecule has 0 spiro atoms. The number of nitrogens with one attached hydrogen (secondary N) is 1. The normalized spacial score (nSPS) is 11.4. The molecule has 0 aliphatic carbocycles. The molecule has 0 aliphatic heterocycles. The van der Waals surface area contributed by atoms with E-state index in [0.29, 0.717) is 11.3 Å². The van der Waals surface area contributed by atoms with E-state index in [2.05, 4.69) is 15.9 Å². The molecule has 0 aromatic heterocycles. The molecule has 2 N–H and O–H groups in total. The number of ether oxygens (including phenoxy) is 1. The Balaban J connectivity index is 1.93. The maximum Gasteiger partial charge on any atom is 0.274 e. The summed E-state index contributed by atoms with van der Waals surface area (Å²) in [5.74, 6) is -0.0692. The number of carbonyl (C=O) groups excluding carboxylic acids is 1. The predicted molar refractivity (Wildman–Crippen MR) is 119 cm³/mol. The molecule has 9 heteroatoms. The average molecular weight is 505 g/mol. The van der Waals surface area contributed by atoms with Crippen LogP contribution in [-0.4, -0.2) is 30.9 Å². The molecule has 3 rings (SSSR count). The van der Waals surface area contributed by atoms with Gasteiger partial charge in [-0.2, -0.15) is 4.31 Å². The van der Waals surface area contributed by atoms with E-state index in [9.17, 15) is 13.2 Å². The fourth-order valence-electron chi connectivity index (χ4n) is 2.95. The summed E-state index contributed by atoms with van der Waals surface area (Å²) in [5, 5.41) is 8.76. The summed E-state index contributed by atoms with van der Waals surface area (Å²) in [7, 11) is -2.30. The van der Waals surface area contributed by atoms with Crippen molar-refractivity contribution in [1.82, 2.24) is 9.79 Å². The summed E-state index contributed by atoms with van der Waals surface area (Å²) < 4.78 is 34.2. The van der Waals surface area contributed by atoms with Crippen molar-refractivity contribution in [3.05, 3.63) is 94.0 Å². The predicted octanol–water partition coefficient (Wildman–Crippen LogP) is 3.97. The van der Waals surface area contributed by atoms with Crippen LogP contribution < -0.4 is 10.2 Å². The maximum atomic E-state index is 13.4. The average Bonchev–Trinajstić information content (AvgIpc) is 2.80. The molecule has 0 unspecified atom stereocenters. The van der Waals surface area contributed by atoms with E-state index >= 15 is 0 Å². The summed E-state index contributed by atoms with van der Waals surface area (Å²) in [6, 6.07) is 20.0. The first-order valence-corrected chi connectivity index (χ1v) is 11.5. The molecular weight excluding hydrogens is 484 g/mol. The third-order valence-electron chi connectivity index (χ3n) is 4.65. The molecule has 1 amide bonds. The SMILES string of the molecule is COc1ccc(S(=O)(=O)N(Cc2ccc(Br)cc2)Cc2ccc(C(=O)NO)cc2)cc1. The first-order valence-electron chi connectivity index (χ1n) is 9.25. The Bertz CT molecular complexity index is 1130. The second kappa shape index (κ2) is 10.1. The second-order valence-corrected chi connectivity index (χ2v) is 9.57. The van der Waals surface area contributed by atoms with Gasteiger partial charge in [-0.25, -0.2) is 13.9 Å². The first-order chi connectivity index (χ1) is 14.8. The van der Waals surface area contributed by atoms with E-state index in [0.717, 1.165) is 10.0 Å². The van der Waals surface area contributed by atoms with Crippen molar-refractivity contribution in [2.45, 2.75) is 18.0 Å². The van der Waals surface area contributed by atoms with E-state index in [4.69, 9.17) is 9.94 Å². The zero-order valence-corrected chi connectivity index (χ0v) is 19.1. The van der Waals surface area contributed by atoms with Gasteiger partial charge in [0.1, 0.15) is 5.75 Å². The first kappa shape index (κ1) is 23.0. The summed E-state index contributed by atoms with van der Waals surface area (Å²) in [4.78, 5) is 11.7. The molecule has 0 radical (unpaired) electrons. The number of rotatable bonds is 8. The van der Waals surface area contributed by atoms with Gasteiger partial charge in [0.25, 0.3) is 5.91 Å². The number of halogens is 1. The van der Waals surface area contributed by atoms with Crippen molar-refractivity contribution in [2.75, 3.05) is 7.11 Å². The number of carbonyl (C=O) groups is 1. The minimum atomic E-state index is -3.82. The van der Waals surface area contributed by atoms with Crippen molar-refractivity contribution < 1.29 is 23.2 Å². The molecule has 0 fully saturated rings. The highest BCUT2D eigenvalue weighted by molar-refractivity contribution is 9.10. The molecule has 0 aliphatic rings. The molecule has 7 nitrogen and oxygen atoms in total. The number of sulfonamides is 1. The van der Waals surface area contributed by atoms with Crippen LogP contribution in [0, 0.1) is 0 Å². The second-order valence-electron chi connectivity index (χ2n) is 6.71. The van der Waals surface area contributed by atoms with Crippen molar-refractivity contribution in [1.29, 1.82) is 0 Å². The third kappa shape index (κ3) is 5.71. The molecular formula is C22H21BrN2O5S.